The van der Waals surface area contributed by atoms with E-state index in [1.54, 1.807) is 18.5 Å². The standard InChI is InChI=1S/C12H14BrN3O2S/c1-8-12(19(14,17)18)9(2)16(15-8)7-10-5-3-4-6-11(10)13/h3-6H,7H2,1-2H3,(H2,14,17,18). The average molecular weight is 344 g/mol. The number of nitrogens with two attached hydrogens (primary N) is 1. The molecule has 2 N–H and O–H groups in total. The summed E-state index contributed by atoms with van der Waals surface area (Å²) in [7, 11) is -3.74. The first-order valence-corrected chi connectivity index (χ1v) is 7.95. The first-order chi connectivity index (χ1) is 8.80. The van der Waals surface area contributed by atoms with Crippen LogP contribution in [0.15, 0.2) is 33.6 Å². The zero-order valence-electron chi connectivity index (χ0n) is 10.6. The molecule has 5 nitrogen and oxygen atoms in total. The van der Waals surface area contributed by atoms with E-state index in [-0.39, 0.29) is 4.90 Å². The fraction of sp³-hybridized carbons (Fsp3) is 0.250. The topological polar surface area (TPSA) is 78.0 Å². The minimum Gasteiger partial charge on any atom is -0.264 e. The van der Waals surface area contributed by atoms with Crippen LogP contribution in [0.25, 0.3) is 0 Å². The highest BCUT2D eigenvalue weighted by Crippen LogP contribution is 2.21. The lowest BCUT2D eigenvalue weighted by molar-refractivity contribution is 0.595. The zero-order chi connectivity index (χ0) is 14.2. The van der Waals surface area contributed by atoms with Crippen LogP contribution in [0.3, 0.4) is 0 Å². The minimum atomic E-state index is -3.74. The molecule has 0 spiro atoms. The molecular formula is C12H14BrN3O2S. The molecule has 0 aliphatic heterocycles. The first kappa shape index (κ1) is 14.2. The van der Waals surface area contributed by atoms with E-state index in [0.717, 1.165) is 10.0 Å². The summed E-state index contributed by atoms with van der Waals surface area (Å²) in [5, 5.41) is 9.45. The third-order valence-electron chi connectivity index (χ3n) is 2.88. The van der Waals surface area contributed by atoms with E-state index >= 15 is 0 Å². The average Bonchev–Trinajstić information content (AvgIpc) is 2.56. The van der Waals surface area contributed by atoms with Gasteiger partial charge in [0, 0.05) is 4.47 Å². The van der Waals surface area contributed by atoms with Crippen molar-refractivity contribution in [3.8, 4) is 0 Å². The van der Waals surface area contributed by atoms with Crippen LogP contribution in [-0.4, -0.2) is 18.2 Å². The third kappa shape index (κ3) is 2.88. The summed E-state index contributed by atoms with van der Waals surface area (Å²) in [5.41, 5.74) is 2.00. The highest BCUT2D eigenvalue weighted by Gasteiger charge is 2.21. The second-order valence-electron chi connectivity index (χ2n) is 4.29. The van der Waals surface area contributed by atoms with Gasteiger partial charge in [0.25, 0.3) is 0 Å². The second kappa shape index (κ2) is 5.07. The molecule has 1 aromatic heterocycles. The van der Waals surface area contributed by atoms with Gasteiger partial charge in [0.15, 0.2) is 0 Å². The van der Waals surface area contributed by atoms with Crippen LogP contribution in [0, 0.1) is 13.8 Å². The van der Waals surface area contributed by atoms with E-state index in [9.17, 15) is 8.42 Å². The van der Waals surface area contributed by atoms with Crippen molar-refractivity contribution in [3.63, 3.8) is 0 Å². The van der Waals surface area contributed by atoms with Crippen LogP contribution in [0.4, 0.5) is 0 Å². The molecule has 0 radical (unpaired) electrons. The molecule has 0 bridgehead atoms. The van der Waals surface area contributed by atoms with Crippen molar-refractivity contribution < 1.29 is 8.42 Å². The van der Waals surface area contributed by atoms with E-state index in [2.05, 4.69) is 21.0 Å². The van der Waals surface area contributed by atoms with Crippen LogP contribution in [-0.2, 0) is 16.6 Å². The number of aryl methyl sites for hydroxylation is 1. The van der Waals surface area contributed by atoms with Gasteiger partial charge in [-0.25, -0.2) is 13.6 Å². The van der Waals surface area contributed by atoms with Gasteiger partial charge in [-0.15, -0.1) is 0 Å². The minimum absolute atomic E-state index is 0.111. The van der Waals surface area contributed by atoms with E-state index in [1.807, 2.05) is 24.3 Å². The van der Waals surface area contributed by atoms with Gasteiger partial charge in [0.2, 0.25) is 10.0 Å². The summed E-state index contributed by atoms with van der Waals surface area (Å²) in [6, 6.07) is 7.73. The number of nitrogens with zero attached hydrogens (tertiary/aromatic N) is 2. The Morgan fingerprint density at radius 3 is 2.47 bits per heavy atom. The normalized spacial score (nSPS) is 11.8. The summed E-state index contributed by atoms with van der Waals surface area (Å²) in [4.78, 5) is 0.111. The van der Waals surface area contributed by atoms with Crippen LogP contribution in [0.5, 0.6) is 0 Å². The quantitative estimate of drug-likeness (QED) is 0.925. The van der Waals surface area contributed by atoms with Crippen molar-refractivity contribution >= 4 is 26.0 Å². The molecule has 0 amide bonds. The number of hydrogen-bond acceptors (Lipinski definition) is 3. The largest absolute Gasteiger partial charge is 0.264 e. The Bertz CT molecular complexity index is 723. The molecule has 0 aliphatic rings. The Balaban J connectivity index is 2.47. The van der Waals surface area contributed by atoms with Gasteiger partial charge < -0.3 is 0 Å². The van der Waals surface area contributed by atoms with Gasteiger partial charge in [0.1, 0.15) is 4.90 Å². The highest BCUT2D eigenvalue weighted by molar-refractivity contribution is 9.10. The van der Waals surface area contributed by atoms with Crippen LogP contribution >= 0.6 is 15.9 Å². The fourth-order valence-corrected chi connectivity index (χ4v) is 3.41. The molecule has 0 saturated carbocycles. The number of primary sulfonamides is 1. The summed E-state index contributed by atoms with van der Waals surface area (Å²) in [5.74, 6) is 0. The molecule has 0 aliphatic carbocycles. The fourth-order valence-electron chi connectivity index (χ4n) is 2.03. The first-order valence-electron chi connectivity index (χ1n) is 5.61. The smallest absolute Gasteiger partial charge is 0.241 e. The van der Waals surface area contributed by atoms with E-state index in [1.165, 1.54) is 0 Å². The molecule has 2 aromatic rings. The van der Waals surface area contributed by atoms with Gasteiger partial charge >= 0.3 is 0 Å². The molecular weight excluding hydrogens is 330 g/mol. The van der Waals surface area contributed by atoms with Crippen molar-refractivity contribution in [2.24, 2.45) is 5.14 Å². The zero-order valence-corrected chi connectivity index (χ0v) is 13.0. The van der Waals surface area contributed by atoms with Crippen molar-refractivity contribution in [1.29, 1.82) is 0 Å². The van der Waals surface area contributed by atoms with E-state index < -0.39 is 10.0 Å². The van der Waals surface area contributed by atoms with Crippen LogP contribution in [0.2, 0.25) is 0 Å². The van der Waals surface area contributed by atoms with Crippen LogP contribution < -0.4 is 5.14 Å². The molecule has 19 heavy (non-hydrogen) atoms. The maximum Gasteiger partial charge on any atom is 0.241 e. The Labute approximate surface area is 120 Å². The predicted octanol–water partition coefficient (Wildman–Crippen LogP) is 1.96. The third-order valence-corrected chi connectivity index (χ3v) is 4.81. The molecule has 1 aromatic carbocycles. The van der Waals surface area contributed by atoms with Crippen molar-refractivity contribution in [2.75, 3.05) is 0 Å². The number of benzene rings is 1. The predicted molar refractivity (Wildman–Crippen MR) is 76.3 cm³/mol. The summed E-state index contributed by atoms with van der Waals surface area (Å²) in [6.45, 7) is 3.84. The molecule has 2 rings (SSSR count). The van der Waals surface area contributed by atoms with Gasteiger partial charge in [-0.2, -0.15) is 5.10 Å². The Morgan fingerprint density at radius 2 is 1.95 bits per heavy atom. The van der Waals surface area contributed by atoms with Gasteiger partial charge in [-0.1, -0.05) is 34.1 Å². The Hall–Kier alpha value is -1.18. The number of rotatable bonds is 3. The highest BCUT2D eigenvalue weighted by atomic mass is 79.9. The van der Waals surface area contributed by atoms with Crippen LogP contribution in [0.1, 0.15) is 17.0 Å². The molecule has 0 atom stereocenters. The molecule has 102 valence electrons. The second-order valence-corrected chi connectivity index (χ2v) is 6.65. The molecule has 0 unspecified atom stereocenters. The number of aromatic nitrogens is 2. The van der Waals surface area contributed by atoms with E-state index in [0.29, 0.717) is 17.9 Å². The van der Waals surface area contributed by atoms with Crippen molar-refractivity contribution in [3.05, 3.63) is 45.7 Å². The lowest BCUT2D eigenvalue weighted by atomic mass is 10.2. The van der Waals surface area contributed by atoms with Gasteiger partial charge in [-0.05, 0) is 25.5 Å². The summed E-state index contributed by atoms with van der Waals surface area (Å²) < 4.78 is 25.7. The Kier molecular flexibility index (Phi) is 3.80. The molecule has 0 saturated heterocycles. The maximum absolute atomic E-state index is 11.5. The van der Waals surface area contributed by atoms with Crippen molar-refractivity contribution in [2.45, 2.75) is 25.3 Å². The molecule has 7 heteroatoms. The summed E-state index contributed by atoms with van der Waals surface area (Å²) in [6.07, 6.45) is 0. The van der Waals surface area contributed by atoms with Crippen molar-refractivity contribution in [1.82, 2.24) is 9.78 Å². The Morgan fingerprint density at radius 1 is 1.32 bits per heavy atom. The van der Waals surface area contributed by atoms with E-state index in [4.69, 9.17) is 5.14 Å². The number of sulfonamides is 1. The number of hydrogen-bond donors (Lipinski definition) is 1. The molecule has 0 fully saturated rings. The lowest BCUT2D eigenvalue weighted by Gasteiger charge is -2.07. The lowest BCUT2D eigenvalue weighted by Crippen LogP contribution is -2.14. The monoisotopic (exact) mass is 343 g/mol. The number of halogens is 1. The molecule has 1 heterocycles. The maximum atomic E-state index is 11.5. The van der Waals surface area contributed by atoms with Gasteiger partial charge in [-0.3, -0.25) is 4.68 Å². The summed E-state index contributed by atoms with van der Waals surface area (Å²) >= 11 is 3.46. The van der Waals surface area contributed by atoms with Gasteiger partial charge in [0.05, 0.1) is 17.9 Å². The SMILES string of the molecule is Cc1nn(Cc2ccccc2Br)c(C)c1S(N)(=O)=O.